The molecule has 0 amide bonds. The largest absolute Gasteiger partial charge is 0.382 e. The molecule has 0 aliphatic carbocycles. The Labute approximate surface area is 222 Å². The lowest BCUT2D eigenvalue weighted by Crippen LogP contribution is -2.30. The van der Waals surface area contributed by atoms with Crippen LogP contribution in [0.25, 0.3) is 34.4 Å². The Bertz CT molecular complexity index is 1820. The highest BCUT2D eigenvalue weighted by molar-refractivity contribution is 7.10. The van der Waals surface area contributed by atoms with Gasteiger partial charge in [-0.1, -0.05) is 36.4 Å². The molecule has 9 nitrogen and oxygen atoms in total. The van der Waals surface area contributed by atoms with Crippen LogP contribution in [-0.4, -0.2) is 29.1 Å². The molecule has 38 heavy (non-hydrogen) atoms. The number of aromatic nitrogens is 6. The number of anilines is 1. The summed E-state index contributed by atoms with van der Waals surface area (Å²) in [6.45, 7) is 2.39. The van der Waals surface area contributed by atoms with Crippen LogP contribution in [-0.2, 0) is 6.54 Å². The number of fused-ring (bicyclic) bond motifs is 2. The summed E-state index contributed by atoms with van der Waals surface area (Å²) >= 11 is 1.54. The van der Waals surface area contributed by atoms with Crippen LogP contribution in [0.3, 0.4) is 0 Å². The molecule has 0 fully saturated rings. The number of hydrogen-bond donors (Lipinski definition) is 2. The molecular weight excluding hydrogens is 496 g/mol. The van der Waals surface area contributed by atoms with E-state index in [1.54, 1.807) is 33.1 Å². The third-order valence-electron chi connectivity index (χ3n) is 6.34. The maximum absolute atomic E-state index is 14.1. The average Bonchev–Trinajstić information content (AvgIpc) is 3.58. The summed E-state index contributed by atoms with van der Waals surface area (Å²) in [5.41, 5.74) is 11.5. The molecule has 3 N–H and O–H groups in total. The molecule has 1 unspecified atom stereocenters. The number of nitrogen functional groups attached to an aromatic ring is 1. The summed E-state index contributed by atoms with van der Waals surface area (Å²) in [5.74, 6) is 1.01. The Hall–Kier alpha value is -4.67. The number of para-hydroxylation sites is 1. The second-order valence-electron chi connectivity index (χ2n) is 8.78. The molecule has 4 aromatic heterocycles. The standard InChI is InChI=1S/C28H24N8OS/c1-18(32-16-22-25(29)34-35-14-6-13-31-27(22)35)26-33-23-10-5-7-19(11-12-21-15-30-17-38-21)24(23)28(37)36(26)20-8-3-2-4-9-20/h2-15,17-18,32H,16H2,1H3,(H2,29,34). The Kier molecular flexibility index (Phi) is 6.24. The fourth-order valence-electron chi connectivity index (χ4n) is 4.48. The second-order valence-corrected chi connectivity index (χ2v) is 9.70. The molecule has 0 saturated heterocycles. The van der Waals surface area contributed by atoms with Gasteiger partial charge in [0.1, 0.15) is 5.82 Å². The summed E-state index contributed by atoms with van der Waals surface area (Å²) in [6, 6.07) is 16.8. The fraction of sp³-hybridized carbons (Fsp3) is 0.107. The summed E-state index contributed by atoms with van der Waals surface area (Å²) in [4.78, 5) is 28.6. The van der Waals surface area contributed by atoms with Crippen molar-refractivity contribution < 1.29 is 0 Å². The third kappa shape index (κ3) is 4.36. The number of nitrogens with zero attached hydrogens (tertiary/aromatic N) is 6. The topological polar surface area (TPSA) is 116 Å². The number of thiazole rings is 1. The van der Waals surface area contributed by atoms with Crippen molar-refractivity contribution in [2.75, 3.05) is 5.73 Å². The molecule has 188 valence electrons. The molecule has 10 heteroatoms. The Morgan fingerprint density at radius 3 is 2.79 bits per heavy atom. The van der Waals surface area contributed by atoms with Crippen LogP contribution in [0.1, 0.15) is 34.8 Å². The maximum Gasteiger partial charge on any atom is 0.266 e. The van der Waals surface area contributed by atoms with E-state index in [0.717, 1.165) is 21.7 Å². The highest BCUT2D eigenvalue weighted by Gasteiger charge is 2.20. The molecule has 0 radical (unpaired) electrons. The lowest BCUT2D eigenvalue weighted by atomic mass is 10.1. The third-order valence-corrected chi connectivity index (χ3v) is 7.08. The Balaban J connectivity index is 1.44. The van der Waals surface area contributed by atoms with E-state index in [-0.39, 0.29) is 11.6 Å². The van der Waals surface area contributed by atoms with Gasteiger partial charge in [-0.3, -0.25) is 14.3 Å². The predicted molar refractivity (Wildman–Crippen MR) is 151 cm³/mol. The molecule has 6 aromatic rings. The van der Waals surface area contributed by atoms with Gasteiger partial charge in [0, 0.05) is 30.0 Å². The molecule has 0 bridgehead atoms. The molecule has 0 saturated carbocycles. The van der Waals surface area contributed by atoms with Gasteiger partial charge in [0.2, 0.25) is 0 Å². The highest BCUT2D eigenvalue weighted by Crippen LogP contribution is 2.23. The van der Waals surface area contributed by atoms with E-state index >= 15 is 0 Å². The first kappa shape index (κ1) is 23.7. The van der Waals surface area contributed by atoms with E-state index in [1.165, 1.54) is 11.3 Å². The van der Waals surface area contributed by atoms with Crippen LogP contribution < -0.4 is 16.6 Å². The zero-order valence-electron chi connectivity index (χ0n) is 20.5. The van der Waals surface area contributed by atoms with Gasteiger partial charge < -0.3 is 11.1 Å². The highest BCUT2D eigenvalue weighted by atomic mass is 32.1. The van der Waals surface area contributed by atoms with Crippen LogP contribution in [0.4, 0.5) is 5.82 Å². The SMILES string of the molecule is CC(NCc1c(N)nn2cccnc12)c1nc2cccc(C=Cc3cncs3)c2c(=O)n1-c1ccccc1. The smallest absolute Gasteiger partial charge is 0.266 e. The van der Waals surface area contributed by atoms with Gasteiger partial charge in [0.25, 0.3) is 5.56 Å². The molecule has 0 aliphatic heterocycles. The van der Waals surface area contributed by atoms with E-state index in [1.807, 2.05) is 73.8 Å². The summed E-state index contributed by atoms with van der Waals surface area (Å²) in [6.07, 6.45) is 9.22. The lowest BCUT2D eigenvalue weighted by Gasteiger charge is -2.20. The number of nitrogens with one attached hydrogen (secondary N) is 1. The monoisotopic (exact) mass is 520 g/mol. The van der Waals surface area contributed by atoms with Crippen molar-refractivity contribution in [2.45, 2.75) is 19.5 Å². The fourth-order valence-corrected chi connectivity index (χ4v) is 4.99. The Morgan fingerprint density at radius 1 is 1.11 bits per heavy atom. The van der Waals surface area contributed by atoms with E-state index in [4.69, 9.17) is 10.7 Å². The van der Waals surface area contributed by atoms with Crippen molar-refractivity contribution in [3.8, 4) is 5.69 Å². The van der Waals surface area contributed by atoms with E-state index in [0.29, 0.717) is 34.7 Å². The molecule has 6 rings (SSSR count). The van der Waals surface area contributed by atoms with Crippen LogP contribution >= 0.6 is 11.3 Å². The van der Waals surface area contributed by atoms with Gasteiger partial charge in [-0.25, -0.2) is 14.5 Å². The lowest BCUT2D eigenvalue weighted by molar-refractivity contribution is 0.534. The first-order chi connectivity index (χ1) is 18.6. The minimum absolute atomic E-state index is 0.133. The molecule has 2 aromatic carbocycles. The first-order valence-corrected chi connectivity index (χ1v) is 13.0. The zero-order chi connectivity index (χ0) is 26.1. The van der Waals surface area contributed by atoms with Crippen LogP contribution in [0.15, 0.2) is 83.5 Å². The summed E-state index contributed by atoms with van der Waals surface area (Å²) < 4.78 is 3.34. The number of rotatable bonds is 7. The molecule has 0 aliphatic rings. The number of nitrogens with two attached hydrogens (primary N) is 1. The van der Waals surface area contributed by atoms with Gasteiger partial charge in [0.15, 0.2) is 11.5 Å². The molecule has 4 heterocycles. The minimum Gasteiger partial charge on any atom is -0.382 e. The summed E-state index contributed by atoms with van der Waals surface area (Å²) in [7, 11) is 0. The molecular formula is C28H24N8OS. The molecule has 0 spiro atoms. The molecule has 1 atom stereocenters. The van der Waals surface area contributed by atoms with E-state index in [9.17, 15) is 4.79 Å². The first-order valence-electron chi connectivity index (χ1n) is 12.1. The van der Waals surface area contributed by atoms with Crippen molar-refractivity contribution in [2.24, 2.45) is 0 Å². The predicted octanol–water partition coefficient (Wildman–Crippen LogP) is 4.49. The summed E-state index contributed by atoms with van der Waals surface area (Å²) in [5, 5.41) is 8.38. The quantitative estimate of drug-likeness (QED) is 0.319. The normalized spacial score (nSPS) is 12.6. The van der Waals surface area contributed by atoms with Gasteiger partial charge in [-0.15, -0.1) is 16.4 Å². The zero-order valence-corrected chi connectivity index (χ0v) is 21.3. The van der Waals surface area contributed by atoms with Crippen molar-refractivity contribution in [3.05, 3.63) is 111 Å². The second kappa shape index (κ2) is 10.0. The van der Waals surface area contributed by atoms with Gasteiger partial charge >= 0.3 is 0 Å². The number of benzene rings is 2. The number of hydrogen-bond acceptors (Lipinski definition) is 8. The van der Waals surface area contributed by atoms with E-state index in [2.05, 4.69) is 20.4 Å². The Morgan fingerprint density at radius 2 is 1.97 bits per heavy atom. The van der Waals surface area contributed by atoms with Crippen molar-refractivity contribution in [1.82, 2.24) is 34.4 Å². The van der Waals surface area contributed by atoms with Crippen LogP contribution in [0.5, 0.6) is 0 Å². The van der Waals surface area contributed by atoms with Gasteiger partial charge in [0.05, 0.1) is 33.7 Å². The van der Waals surface area contributed by atoms with Gasteiger partial charge in [-0.05, 0) is 42.8 Å². The van der Waals surface area contributed by atoms with Crippen molar-refractivity contribution in [3.63, 3.8) is 0 Å². The average molecular weight is 521 g/mol. The minimum atomic E-state index is -0.290. The maximum atomic E-state index is 14.1. The van der Waals surface area contributed by atoms with Crippen LogP contribution in [0.2, 0.25) is 0 Å². The van der Waals surface area contributed by atoms with Crippen molar-refractivity contribution >= 4 is 45.9 Å². The van der Waals surface area contributed by atoms with Crippen LogP contribution in [0, 0.1) is 0 Å². The van der Waals surface area contributed by atoms with E-state index < -0.39 is 0 Å². The van der Waals surface area contributed by atoms with Gasteiger partial charge in [-0.2, -0.15) is 0 Å². The van der Waals surface area contributed by atoms with Crippen molar-refractivity contribution in [1.29, 1.82) is 0 Å².